The average molecular weight is 248 g/mol. The predicted octanol–water partition coefficient (Wildman–Crippen LogP) is 2.65. The van der Waals surface area contributed by atoms with Crippen LogP contribution in [0.5, 0.6) is 5.75 Å². The van der Waals surface area contributed by atoms with Crippen molar-refractivity contribution in [1.82, 2.24) is 0 Å². The van der Waals surface area contributed by atoms with Gasteiger partial charge in [0.15, 0.2) is 0 Å². The van der Waals surface area contributed by atoms with Crippen LogP contribution in [0.3, 0.4) is 0 Å². The topological polar surface area (TPSA) is 38.5 Å². The maximum absolute atomic E-state index is 6.15. The molecular formula is C15H24N2O. The van der Waals surface area contributed by atoms with E-state index in [1.165, 1.54) is 6.42 Å². The Hall–Kier alpha value is -1.22. The number of nitrogens with zero attached hydrogens (tertiary/aromatic N) is 1. The van der Waals surface area contributed by atoms with Gasteiger partial charge < -0.3 is 15.4 Å². The molecule has 2 N–H and O–H groups in total. The lowest BCUT2D eigenvalue weighted by Crippen LogP contribution is -2.43. The van der Waals surface area contributed by atoms with Crippen molar-refractivity contribution in [3.05, 3.63) is 24.3 Å². The van der Waals surface area contributed by atoms with Gasteiger partial charge in [-0.1, -0.05) is 13.0 Å². The zero-order valence-electron chi connectivity index (χ0n) is 11.6. The smallest absolute Gasteiger partial charge is 0.121 e. The van der Waals surface area contributed by atoms with E-state index in [4.69, 9.17) is 10.5 Å². The normalized spacial score (nSPS) is 27.9. The first kappa shape index (κ1) is 13.2. The molecule has 3 unspecified atom stereocenters. The van der Waals surface area contributed by atoms with Crippen LogP contribution in [0.4, 0.5) is 5.69 Å². The summed E-state index contributed by atoms with van der Waals surface area (Å²) in [6.07, 6.45) is 3.51. The van der Waals surface area contributed by atoms with Gasteiger partial charge in [-0.2, -0.15) is 0 Å². The standard InChI is InChI=1S/C15H24N2O/c1-11-7-8-14(16)15(9-11)18-13-6-4-5-12(10-13)17(2)3/h4-6,10-11,14-15H,7-9,16H2,1-3H3. The van der Waals surface area contributed by atoms with E-state index in [1.54, 1.807) is 0 Å². The van der Waals surface area contributed by atoms with Crippen LogP contribution in [-0.4, -0.2) is 26.2 Å². The molecule has 3 heteroatoms. The summed E-state index contributed by atoms with van der Waals surface area (Å²) in [6, 6.07) is 8.37. The first-order valence-electron chi connectivity index (χ1n) is 6.76. The summed E-state index contributed by atoms with van der Waals surface area (Å²) in [5.41, 5.74) is 7.31. The number of hydrogen-bond donors (Lipinski definition) is 1. The Balaban J connectivity index is 2.06. The number of rotatable bonds is 3. The van der Waals surface area contributed by atoms with Crippen LogP contribution in [0.25, 0.3) is 0 Å². The van der Waals surface area contributed by atoms with Gasteiger partial charge in [0.25, 0.3) is 0 Å². The number of benzene rings is 1. The SMILES string of the molecule is CC1CCC(N)C(Oc2cccc(N(C)C)c2)C1. The summed E-state index contributed by atoms with van der Waals surface area (Å²) in [7, 11) is 4.07. The highest BCUT2D eigenvalue weighted by molar-refractivity contribution is 5.49. The van der Waals surface area contributed by atoms with Gasteiger partial charge in [-0.25, -0.2) is 0 Å². The molecule has 0 saturated heterocycles. The van der Waals surface area contributed by atoms with E-state index in [0.29, 0.717) is 5.92 Å². The fraction of sp³-hybridized carbons (Fsp3) is 0.600. The van der Waals surface area contributed by atoms with Gasteiger partial charge in [0.1, 0.15) is 11.9 Å². The van der Waals surface area contributed by atoms with E-state index < -0.39 is 0 Å². The van der Waals surface area contributed by atoms with Crippen molar-refractivity contribution in [2.75, 3.05) is 19.0 Å². The highest BCUT2D eigenvalue weighted by Gasteiger charge is 2.27. The summed E-state index contributed by atoms with van der Waals surface area (Å²) in [5.74, 6) is 1.64. The highest BCUT2D eigenvalue weighted by Crippen LogP contribution is 2.28. The van der Waals surface area contributed by atoms with Crippen molar-refractivity contribution in [1.29, 1.82) is 0 Å². The third-order valence-corrected chi connectivity index (χ3v) is 3.73. The summed E-state index contributed by atoms with van der Waals surface area (Å²) in [5, 5.41) is 0. The van der Waals surface area contributed by atoms with Crippen LogP contribution in [0.2, 0.25) is 0 Å². The van der Waals surface area contributed by atoms with Crippen molar-refractivity contribution < 1.29 is 4.74 Å². The Bertz CT molecular complexity index is 392. The number of ether oxygens (including phenoxy) is 1. The molecule has 1 saturated carbocycles. The second kappa shape index (κ2) is 5.61. The monoisotopic (exact) mass is 248 g/mol. The molecule has 100 valence electrons. The molecule has 0 spiro atoms. The summed E-state index contributed by atoms with van der Waals surface area (Å²) in [4.78, 5) is 2.08. The summed E-state index contributed by atoms with van der Waals surface area (Å²) < 4.78 is 6.08. The third kappa shape index (κ3) is 3.16. The van der Waals surface area contributed by atoms with E-state index in [-0.39, 0.29) is 12.1 Å². The van der Waals surface area contributed by atoms with Crippen molar-refractivity contribution in [2.45, 2.75) is 38.3 Å². The van der Waals surface area contributed by atoms with Crippen molar-refractivity contribution >= 4 is 5.69 Å². The average Bonchev–Trinajstić information content (AvgIpc) is 2.34. The molecule has 0 radical (unpaired) electrons. The first-order chi connectivity index (χ1) is 8.56. The van der Waals surface area contributed by atoms with Crippen LogP contribution in [0.15, 0.2) is 24.3 Å². The van der Waals surface area contributed by atoms with Crippen LogP contribution in [-0.2, 0) is 0 Å². The van der Waals surface area contributed by atoms with Crippen molar-refractivity contribution in [3.63, 3.8) is 0 Å². The zero-order chi connectivity index (χ0) is 13.1. The van der Waals surface area contributed by atoms with E-state index in [2.05, 4.69) is 24.0 Å². The molecule has 0 aliphatic heterocycles. The molecule has 3 atom stereocenters. The third-order valence-electron chi connectivity index (χ3n) is 3.73. The van der Waals surface area contributed by atoms with Crippen LogP contribution in [0.1, 0.15) is 26.2 Å². The molecule has 1 fully saturated rings. The predicted molar refractivity (Wildman–Crippen MR) is 76.2 cm³/mol. The van der Waals surface area contributed by atoms with E-state index in [0.717, 1.165) is 24.3 Å². The molecule has 1 aliphatic rings. The van der Waals surface area contributed by atoms with Gasteiger partial charge in [0.2, 0.25) is 0 Å². The number of hydrogen-bond acceptors (Lipinski definition) is 3. The van der Waals surface area contributed by atoms with E-state index >= 15 is 0 Å². The van der Waals surface area contributed by atoms with Gasteiger partial charge in [-0.3, -0.25) is 0 Å². The number of anilines is 1. The molecular weight excluding hydrogens is 224 g/mol. The molecule has 2 rings (SSSR count). The van der Waals surface area contributed by atoms with Gasteiger partial charge in [0.05, 0.1) is 0 Å². The molecule has 1 aliphatic carbocycles. The molecule has 3 nitrogen and oxygen atoms in total. The molecule has 0 aromatic heterocycles. The minimum absolute atomic E-state index is 0.158. The molecule has 0 amide bonds. The Kier molecular flexibility index (Phi) is 4.12. The minimum atomic E-state index is 0.158. The largest absolute Gasteiger partial charge is 0.489 e. The van der Waals surface area contributed by atoms with Crippen LogP contribution in [0, 0.1) is 5.92 Å². The van der Waals surface area contributed by atoms with Gasteiger partial charge in [0, 0.05) is 31.9 Å². The van der Waals surface area contributed by atoms with Gasteiger partial charge in [-0.05, 0) is 37.3 Å². The fourth-order valence-corrected chi connectivity index (χ4v) is 2.50. The Labute approximate surface area is 110 Å². The number of nitrogens with two attached hydrogens (primary N) is 1. The van der Waals surface area contributed by atoms with Crippen LogP contribution < -0.4 is 15.4 Å². The van der Waals surface area contributed by atoms with E-state index in [9.17, 15) is 0 Å². The lowest BCUT2D eigenvalue weighted by Gasteiger charge is -2.32. The molecule has 1 aromatic carbocycles. The highest BCUT2D eigenvalue weighted by atomic mass is 16.5. The Morgan fingerprint density at radius 2 is 2.06 bits per heavy atom. The molecule has 18 heavy (non-hydrogen) atoms. The second-order valence-electron chi connectivity index (χ2n) is 5.63. The molecule has 1 aromatic rings. The lowest BCUT2D eigenvalue weighted by molar-refractivity contribution is 0.108. The first-order valence-corrected chi connectivity index (χ1v) is 6.76. The zero-order valence-corrected chi connectivity index (χ0v) is 11.6. The van der Waals surface area contributed by atoms with Crippen molar-refractivity contribution in [3.8, 4) is 5.75 Å². The Morgan fingerprint density at radius 3 is 2.78 bits per heavy atom. The molecule has 0 bridgehead atoms. The van der Waals surface area contributed by atoms with Gasteiger partial charge >= 0.3 is 0 Å². The minimum Gasteiger partial charge on any atom is -0.489 e. The second-order valence-corrected chi connectivity index (χ2v) is 5.63. The van der Waals surface area contributed by atoms with Crippen molar-refractivity contribution in [2.24, 2.45) is 11.7 Å². The quantitative estimate of drug-likeness (QED) is 0.893. The summed E-state index contributed by atoms with van der Waals surface area (Å²) >= 11 is 0. The van der Waals surface area contributed by atoms with E-state index in [1.807, 2.05) is 26.2 Å². The van der Waals surface area contributed by atoms with Gasteiger partial charge in [-0.15, -0.1) is 0 Å². The maximum Gasteiger partial charge on any atom is 0.121 e. The summed E-state index contributed by atoms with van der Waals surface area (Å²) in [6.45, 7) is 2.28. The van der Waals surface area contributed by atoms with Crippen LogP contribution >= 0.6 is 0 Å². The fourth-order valence-electron chi connectivity index (χ4n) is 2.50. The lowest BCUT2D eigenvalue weighted by atomic mass is 9.85. The maximum atomic E-state index is 6.15. The Morgan fingerprint density at radius 1 is 1.28 bits per heavy atom. The molecule has 0 heterocycles.